The number of hydrogen-bond acceptors (Lipinski definition) is 8. The molecular formula is C34H42N2O7S. The molecule has 4 aliphatic rings. The number of sulfonamides is 1. The molecule has 2 heterocycles. The number of nitrogens with zero attached hydrogens (tertiary/aromatic N) is 2. The topological polar surface area (TPSA) is 110 Å². The number of ether oxygens (including phenoxy) is 2. The van der Waals surface area contributed by atoms with Crippen LogP contribution in [0, 0.1) is 30.6 Å². The van der Waals surface area contributed by atoms with E-state index in [1.165, 1.54) is 4.31 Å². The molecule has 44 heavy (non-hydrogen) atoms. The van der Waals surface area contributed by atoms with E-state index in [4.69, 9.17) is 9.47 Å². The SMILES string of the molecule is CCOC(=O)C1N2CCCC(=O)C12C(=O)O[C@@H]1[C@H](N(c2cc(C)cc(C)c2)S(=O)(=O)c2ccccc2)[C@H]2CC[C@]1(C)C2(C)C. The van der Waals surface area contributed by atoms with E-state index in [-0.39, 0.29) is 29.6 Å². The number of Topliss-reactive ketones (excluding diaryl/α,β-unsaturated/α-hetero) is 1. The minimum absolute atomic E-state index is 0.128. The number of benzene rings is 2. The molecule has 0 spiro atoms. The van der Waals surface area contributed by atoms with Crippen LogP contribution in [0.5, 0.6) is 0 Å². The number of ketones is 1. The van der Waals surface area contributed by atoms with Gasteiger partial charge < -0.3 is 9.47 Å². The first-order valence-electron chi connectivity index (χ1n) is 15.6. The fourth-order valence-corrected chi connectivity index (χ4v) is 10.3. The molecular weight excluding hydrogens is 580 g/mol. The fraction of sp³-hybridized carbons (Fsp3) is 0.559. The van der Waals surface area contributed by atoms with E-state index in [9.17, 15) is 22.8 Å². The summed E-state index contributed by atoms with van der Waals surface area (Å²) in [6.45, 7) is 12.4. The van der Waals surface area contributed by atoms with Crippen molar-refractivity contribution in [1.29, 1.82) is 0 Å². The van der Waals surface area contributed by atoms with Gasteiger partial charge in [-0.15, -0.1) is 0 Å². The Morgan fingerprint density at radius 2 is 1.70 bits per heavy atom. The first-order valence-corrected chi connectivity index (χ1v) is 17.0. The number of piperidine rings is 1. The number of aryl methyl sites for hydroxylation is 2. The van der Waals surface area contributed by atoms with Gasteiger partial charge >= 0.3 is 11.9 Å². The normalized spacial score (nSPS) is 33.4. The molecule has 6 rings (SSSR count). The van der Waals surface area contributed by atoms with Gasteiger partial charge in [-0.25, -0.2) is 13.2 Å². The molecule has 2 aromatic rings. The van der Waals surface area contributed by atoms with Gasteiger partial charge in [0, 0.05) is 18.4 Å². The van der Waals surface area contributed by atoms with Crippen LogP contribution in [0.2, 0.25) is 0 Å². The highest BCUT2D eigenvalue weighted by molar-refractivity contribution is 7.92. The Morgan fingerprint density at radius 1 is 1.05 bits per heavy atom. The van der Waals surface area contributed by atoms with E-state index in [0.717, 1.165) is 24.0 Å². The number of esters is 2. The molecule has 2 aliphatic carbocycles. The Bertz CT molecular complexity index is 1600. The van der Waals surface area contributed by atoms with Crippen molar-refractivity contribution in [3.63, 3.8) is 0 Å². The fourth-order valence-electron chi connectivity index (χ4n) is 8.63. The Labute approximate surface area is 259 Å². The molecule has 9 nitrogen and oxygen atoms in total. The van der Waals surface area contributed by atoms with Gasteiger partial charge in [0.05, 0.1) is 23.2 Å². The van der Waals surface area contributed by atoms with Crippen LogP contribution in [0.25, 0.3) is 0 Å². The van der Waals surface area contributed by atoms with Crippen LogP contribution in [0.4, 0.5) is 5.69 Å². The maximum absolute atomic E-state index is 14.7. The molecule has 0 N–H and O–H groups in total. The minimum atomic E-state index is -4.12. The van der Waals surface area contributed by atoms with Crippen molar-refractivity contribution in [1.82, 2.24) is 4.90 Å². The summed E-state index contributed by atoms with van der Waals surface area (Å²) in [5.41, 5.74) is -0.381. The molecule has 0 radical (unpaired) electrons. The Kier molecular flexibility index (Phi) is 7.28. The van der Waals surface area contributed by atoms with Crippen LogP contribution in [-0.2, 0) is 33.9 Å². The average Bonchev–Trinajstić information content (AvgIpc) is 3.56. The zero-order chi connectivity index (χ0) is 31.8. The molecule has 0 aromatic heterocycles. The molecule has 7 atom stereocenters. The summed E-state index contributed by atoms with van der Waals surface area (Å²) in [5.74, 6) is -1.88. The largest absolute Gasteiger partial charge is 0.465 e. The third kappa shape index (κ3) is 4.20. The van der Waals surface area contributed by atoms with E-state index in [1.54, 1.807) is 42.2 Å². The average molecular weight is 623 g/mol. The Balaban J connectivity index is 1.48. The molecule has 2 bridgehead atoms. The third-order valence-corrected chi connectivity index (χ3v) is 13.0. The molecule has 0 amide bonds. The zero-order valence-corrected chi connectivity index (χ0v) is 27.1. The summed E-state index contributed by atoms with van der Waals surface area (Å²) in [5, 5.41) is 0. The number of hydrogen-bond donors (Lipinski definition) is 0. The summed E-state index contributed by atoms with van der Waals surface area (Å²) in [6.07, 6.45) is 1.33. The summed E-state index contributed by atoms with van der Waals surface area (Å²) in [6, 6.07) is 12.3. The van der Waals surface area contributed by atoms with Crippen LogP contribution in [0.1, 0.15) is 64.5 Å². The second-order valence-corrected chi connectivity index (χ2v) is 15.5. The lowest BCUT2D eigenvalue weighted by atomic mass is 9.70. The number of fused-ring (bicyclic) bond motifs is 3. The standard InChI is InChI=1S/C34H42N2O7S/c1-7-42-30(38)28-34(26(37)14-11-17-35(28)34)31(39)43-29-27(25-15-16-33(29,6)32(25,4)5)36(23-19-21(2)18-22(3)20-23)44(40,41)24-12-9-8-10-13-24/h8-10,12-13,18-20,25,27-29H,7,11,14-17H2,1-6H3/t25-,27-,28?,29-,33+,34?,35?/m1/s1. The molecule has 2 aliphatic heterocycles. The van der Waals surface area contributed by atoms with E-state index >= 15 is 0 Å². The highest BCUT2D eigenvalue weighted by Crippen LogP contribution is 2.68. The van der Waals surface area contributed by atoms with E-state index in [1.807, 2.05) is 32.0 Å². The smallest absolute Gasteiger partial charge is 0.337 e. The first kappa shape index (κ1) is 30.8. The highest BCUT2D eigenvalue weighted by atomic mass is 32.2. The van der Waals surface area contributed by atoms with Crippen LogP contribution in [-0.4, -0.2) is 67.9 Å². The zero-order valence-electron chi connectivity index (χ0n) is 26.3. The van der Waals surface area contributed by atoms with Gasteiger partial charge in [-0.3, -0.25) is 18.8 Å². The maximum Gasteiger partial charge on any atom is 0.337 e. The van der Waals surface area contributed by atoms with Crippen molar-refractivity contribution >= 4 is 33.4 Å². The van der Waals surface area contributed by atoms with Gasteiger partial charge in [0.1, 0.15) is 12.1 Å². The number of carbonyl (C=O) groups is 3. The van der Waals surface area contributed by atoms with Gasteiger partial charge in [0.2, 0.25) is 5.54 Å². The van der Waals surface area contributed by atoms with E-state index < -0.39 is 56.5 Å². The molecule has 2 aromatic carbocycles. The van der Waals surface area contributed by atoms with Gasteiger partial charge in [-0.1, -0.05) is 45.0 Å². The second-order valence-electron chi connectivity index (χ2n) is 13.7. The van der Waals surface area contributed by atoms with Crippen molar-refractivity contribution < 1.29 is 32.3 Å². The van der Waals surface area contributed by atoms with E-state index in [0.29, 0.717) is 18.7 Å². The van der Waals surface area contributed by atoms with Crippen LogP contribution < -0.4 is 4.31 Å². The molecule has 2 saturated carbocycles. The molecule has 4 fully saturated rings. The lowest BCUT2D eigenvalue weighted by molar-refractivity contribution is -0.165. The maximum atomic E-state index is 14.7. The quantitative estimate of drug-likeness (QED) is 0.239. The van der Waals surface area contributed by atoms with Crippen molar-refractivity contribution in [2.24, 2.45) is 16.7 Å². The number of carbonyl (C=O) groups excluding carboxylic acids is 3. The Hall–Kier alpha value is -3.24. The van der Waals surface area contributed by atoms with Gasteiger partial charge in [0.15, 0.2) is 5.78 Å². The first-order chi connectivity index (χ1) is 20.7. The predicted octanol–water partition coefficient (Wildman–Crippen LogP) is 4.58. The molecule has 3 unspecified atom stereocenters. The summed E-state index contributed by atoms with van der Waals surface area (Å²) < 4.78 is 42.6. The minimum Gasteiger partial charge on any atom is -0.465 e. The molecule has 2 saturated heterocycles. The summed E-state index contributed by atoms with van der Waals surface area (Å²) in [7, 11) is -4.12. The van der Waals surface area contributed by atoms with Crippen LogP contribution in [0.3, 0.4) is 0 Å². The predicted molar refractivity (Wildman–Crippen MR) is 164 cm³/mol. The van der Waals surface area contributed by atoms with E-state index in [2.05, 4.69) is 20.8 Å². The summed E-state index contributed by atoms with van der Waals surface area (Å²) >= 11 is 0. The van der Waals surface area contributed by atoms with Gasteiger partial charge in [0.25, 0.3) is 10.0 Å². The van der Waals surface area contributed by atoms with Crippen LogP contribution >= 0.6 is 0 Å². The third-order valence-electron chi connectivity index (χ3n) is 11.1. The molecule has 236 valence electrons. The van der Waals surface area contributed by atoms with Crippen LogP contribution in [0.15, 0.2) is 53.4 Å². The lowest BCUT2D eigenvalue weighted by Crippen LogP contribution is -2.56. The lowest BCUT2D eigenvalue weighted by Gasteiger charge is -2.43. The monoisotopic (exact) mass is 622 g/mol. The van der Waals surface area contributed by atoms with Crippen molar-refractivity contribution in [2.45, 2.75) is 95.8 Å². The number of rotatable bonds is 8. The highest BCUT2D eigenvalue weighted by Gasteiger charge is 2.79. The second kappa shape index (κ2) is 10.4. The number of anilines is 1. The van der Waals surface area contributed by atoms with Gasteiger partial charge in [-0.2, -0.15) is 0 Å². The molecule has 10 heteroatoms. The van der Waals surface area contributed by atoms with Crippen molar-refractivity contribution in [2.75, 3.05) is 17.5 Å². The Morgan fingerprint density at radius 3 is 2.34 bits per heavy atom. The van der Waals surface area contributed by atoms with Crippen molar-refractivity contribution in [3.05, 3.63) is 59.7 Å². The van der Waals surface area contributed by atoms with Crippen molar-refractivity contribution in [3.8, 4) is 0 Å². The van der Waals surface area contributed by atoms with Gasteiger partial charge in [-0.05, 0) is 86.8 Å². The summed E-state index contributed by atoms with van der Waals surface area (Å²) in [4.78, 5) is 42.5.